The lowest BCUT2D eigenvalue weighted by Gasteiger charge is -2.15. The number of nitrogens with one attached hydrogen (secondary N) is 2. The first-order valence-electron chi connectivity index (χ1n) is 14.8. The Hall–Kier alpha value is -5.25. The highest BCUT2D eigenvalue weighted by Gasteiger charge is 2.40. The molecule has 6 rings (SSSR count). The summed E-state index contributed by atoms with van der Waals surface area (Å²) in [5, 5.41) is 5.08. The van der Waals surface area contributed by atoms with Crippen LogP contribution in [0.1, 0.15) is 22.3 Å². The molecule has 1 unspecified atom stereocenters. The van der Waals surface area contributed by atoms with Crippen LogP contribution in [-0.4, -0.2) is 28.9 Å². The van der Waals surface area contributed by atoms with Crippen molar-refractivity contribution < 1.29 is 19.2 Å². The van der Waals surface area contributed by atoms with Crippen molar-refractivity contribution in [2.24, 2.45) is 0 Å². The van der Waals surface area contributed by atoms with Gasteiger partial charge in [-0.1, -0.05) is 88.7 Å². The van der Waals surface area contributed by atoms with Crippen LogP contribution in [-0.2, 0) is 14.4 Å². The van der Waals surface area contributed by atoms with E-state index in [-0.39, 0.29) is 23.9 Å². The van der Waals surface area contributed by atoms with Crippen LogP contribution in [0.3, 0.4) is 0 Å². The standard InChI is InChI=1S/C38H28BrN3O4S/c39-29-15-19-31(20-16-29)42-35(43)24-34(38(42)46)47-32-21-17-30(18-22-32)40-37(45)33(41-36(44)28-9-5-2-6-10-28)23-25-11-13-27(14-12-25)26-7-3-1-4-8-26/h1-23,34H,24H2,(H,40,45)(H,41,44)/b33-23-. The highest BCUT2D eigenvalue weighted by molar-refractivity contribution is 9.10. The summed E-state index contributed by atoms with van der Waals surface area (Å²) < 4.78 is 0.858. The van der Waals surface area contributed by atoms with Crippen LogP contribution in [0.25, 0.3) is 17.2 Å². The summed E-state index contributed by atoms with van der Waals surface area (Å²) in [5.74, 6) is -1.41. The maximum absolute atomic E-state index is 13.5. The second-order valence-corrected chi connectivity index (χ2v) is 12.9. The third kappa shape index (κ3) is 7.77. The fourth-order valence-corrected chi connectivity index (χ4v) is 6.37. The molecule has 0 radical (unpaired) electrons. The summed E-state index contributed by atoms with van der Waals surface area (Å²) in [6.45, 7) is 0. The third-order valence-corrected chi connectivity index (χ3v) is 9.16. The van der Waals surface area contributed by atoms with Crippen molar-refractivity contribution in [1.82, 2.24) is 5.32 Å². The Balaban J connectivity index is 1.16. The monoisotopic (exact) mass is 701 g/mol. The number of carbonyl (C=O) groups is 4. The molecule has 0 aliphatic carbocycles. The Kier molecular flexibility index (Phi) is 9.75. The van der Waals surface area contributed by atoms with Gasteiger partial charge in [0.15, 0.2) is 0 Å². The lowest BCUT2D eigenvalue weighted by molar-refractivity contribution is -0.121. The number of carbonyl (C=O) groups excluding carboxylic acids is 4. The molecule has 5 aromatic carbocycles. The second kappa shape index (κ2) is 14.5. The molecule has 5 aromatic rings. The number of rotatable bonds is 9. The zero-order valence-electron chi connectivity index (χ0n) is 24.9. The van der Waals surface area contributed by atoms with E-state index < -0.39 is 17.1 Å². The van der Waals surface area contributed by atoms with E-state index in [2.05, 4.69) is 26.6 Å². The van der Waals surface area contributed by atoms with Gasteiger partial charge < -0.3 is 10.6 Å². The van der Waals surface area contributed by atoms with Crippen molar-refractivity contribution in [3.63, 3.8) is 0 Å². The summed E-state index contributed by atoms with van der Waals surface area (Å²) in [5.41, 5.74) is 4.39. The summed E-state index contributed by atoms with van der Waals surface area (Å²) in [6.07, 6.45) is 1.73. The van der Waals surface area contributed by atoms with Crippen LogP contribution in [0.5, 0.6) is 0 Å². The fraction of sp³-hybridized carbons (Fsp3) is 0.0526. The number of benzene rings is 5. The Labute approximate surface area is 284 Å². The number of halogens is 1. The van der Waals surface area contributed by atoms with Gasteiger partial charge in [-0.25, -0.2) is 4.90 Å². The van der Waals surface area contributed by atoms with Gasteiger partial charge in [-0.15, -0.1) is 11.8 Å². The summed E-state index contributed by atoms with van der Waals surface area (Å²) in [7, 11) is 0. The van der Waals surface area contributed by atoms with E-state index in [4.69, 9.17) is 0 Å². The molecule has 232 valence electrons. The molecule has 0 spiro atoms. The van der Waals surface area contributed by atoms with Gasteiger partial charge >= 0.3 is 0 Å². The number of nitrogens with zero attached hydrogens (tertiary/aromatic N) is 1. The van der Waals surface area contributed by atoms with Crippen LogP contribution < -0.4 is 15.5 Å². The van der Waals surface area contributed by atoms with E-state index in [9.17, 15) is 19.2 Å². The predicted octanol–water partition coefficient (Wildman–Crippen LogP) is 7.95. The smallest absolute Gasteiger partial charge is 0.272 e. The van der Waals surface area contributed by atoms with Crippen LogP contribution >= 0.6 is 27.7 Å². The minimum absolute atomic E-state index is 0.0767. The van der Waals surface area contributed by atoms with E-state index >= 15 is 0 Å². The fourth-order valence-electron chi connectivity index (χ4n) is 5.05. The lowest BCUT2D eigenvalue weighted by Crippen LogP contribution is -2.31. The largest absolute Gasteiger partial charge is 0.321 e. The molecular formula is C38H28BrN3O4S. The van der Waals surface area contributed by atoms with Crippen LogP contribution in [0.4, 0.5) is 11.4 Å². The Morgan fingerprint density at radius 3 is 2.02 bits per heavy atom. The first-order chi connectivity index (χ1) is 22.8. The van der Waals surface area contributed by atoms with Crippen LogP contribution in [0.15, 0.2) is 149 Å². The first-order valence-corrected chi connectivity index (χ1v) is 16.5. The van der Waals surface area contributed by atoms with E-state index in [1.807, 2.05) is 60.7 Å². The van der Waals surface area contributed by atoms with Crippen molar-refractivity contribution in [3.05, 3.63) is 155 Å². The van der Waals surface area contributed by atoms with Crippen molar-refractivity contribution in [2.75, 3.05) is 10.2 Å². The average Bonchev–Trinajstić information content (AvgIpc) is 3.38. The summed E-state index contributed by atoms with van der Waals surface area (Å²) in [4.78, 5) is 54.3. The highest BCUT2D eigenvalue weighted by atomic mass is 79.9. The molecule has 1 heterocycles. The molecule has 1 saturated heterocycles. The number of hydrogen-bond acceptors (Lipinski definition) is 5. The Morgan fingerprint density at radius 1 is 0.745 bits per heavy atom. The van der Waals surface area contributed by atoms with E-state index in [0.29, 0.717) is 16.9 Å². The van der Waals surface area contributed by atoms with Crippen molar-refractivity contribution >= 4 is 68.8 Å². The maximum Gasteiger partial charge on any atom is 0.272 e. The molecule has 1 fully saturated rings. The molecule has 2 N–H and O–H groups in total. The van der Waals surface area contributed by atoms with Gasteiger partial charge in [0.05, 0.1) is 10.9 Å². The molecule has 0 saturated carbocycles. The van der Waals surface area contributed by atoms with Gasteiger partial charge in [-0.2, -0.15) is 0 Å². The zero-order valence-corrected chi connectivity index (χ0v) is 27.3. The molecule has 1 aliphatic rings. The minimum atomic E-state index is -0.553. The Morgan fingerprint density at radius 2 is 1.36 bits per heavy atom. The number of hydrogen-bond donors (Lipinski definition) is 2. The highest BCUT2D eigenvalue weighted by Crippen LogP contribution is 2.35. The molecular weight excluding hydrogens is 674 g/mol. The number of amides is 4. The minimum Gasteiger partial charge on any atom is -0.321 e. The van der Waals surface area contributed by atoms with Crippen LogP contribution in [0, 0.1) is 0 Å². The van der Waals surface area contributed by atoms with Gasteiger partial charge in [0.25, 0.3) is 11.8 Å². The van der Waals surface area contributed by atoms with E-state index in [0.717, 1.165) is 26.1 Å². The quantitative estimate of drug-likeness (QED) is 0.120. The van der Waals surface area contributed by atoms with Gasteiger partial charge in [0, 0.05) is 27.0 Å². The third-order valence-electron chi connectivity index (χ3n) is 7.44. The van der Waals surface area contributed by atoms with Crippen LogP contribution in [0.2, 0.25) is 0 Å². The maximum atomic E-state index is 13.5. The van der Waals surface area contributed by atoms with Crippen molar-refractivity contribution in [1.29, 1.82) is 0 Å². The number of imide groups is 1. The van der Waals surface area contributed by atoms with E-state index in [1.165, 1.54) is 16.7 Å². The molecule has 9 heteroatoms. The number of thioether (sulfide) groups is 1. The van der Waals surface area contributed by atoms with Crippen molar-refractivity contribution in [2.45, 2.75) is 16.6 Å². The number of anilines is 2. The van der Waals surface area contributed by atoms with Gasteiger partial charge in [0.1, 0.15) is 5.70 Å². The lowest BCUT2D eigenvalue weighted by atomic mass is 10.0. The first kappa shape index (κ1) is 31.7. The van der Waals surface area contributed by atoms with Gasteiger partial charge in [0.2, 0.25) is 11.8 Å². The van der Waals surface area contributed by atoms with Gasteiger partial charge in [-0.05, 0) is 83.4 Å². The molecule has 0 aromatic heterocycles. The molecule has 47 heavy (non-hydrogen) atoms. The van der Waals surface area contributed by atoms with E-state index in [1.54, 1.807) is 78.9 Å². The van der Waals surface area contributed by atoms with Gasteiger partial charge in [-0.3, -0.25) is 19.2 Å². The molecule has 4 amide bonds. The molecule has 0 bridgehead atoms. The van der Waals surface area contributed by atoms with Crippen molar-refractivity contribution in [3.8, 4) is 11.1 Å². The average molecular weight is 703 g/mol. The second-order valence-electron chi connectivity index (χ2n) is 10.7. The predicted molar refractivity (Wildman–Crippen MR) is 190 cm³/mol. The Bertz CT molecular complexity index is 1950. The summed E-state index contributed by atoms with van der Waals surface area (Å²) in [6, 6.07) is 40.4. The zero-order chi connectivity index (χ0) is 32.8. The summed E-state index contributed by atoms with van der Waals surface area (Å²) >= 11 is 4.68. The SMILES string of the molecule is O=C(Nc1ccc(SC2CC(=O)N(c3ccc(Br)cc3)C2=O)cc1)/C(=C/c1ccc(-c2ccccc2)cc1)NC(=O)c1ccccc1. The molecule has 7 nitrogen and oxygen atoms in total. The molecule has 1 aliphatic heterocycles. The normalized spacial score (nSPS) is 14.6. The molecule has 1 atom stereocenters. The topological polar surface area (TPSA) is 95.6 Å².